The molecule has 0 amide bonds. The van der Waals surface area contributed by atoms with Gasteiger partial charge in [-0.15, -0.1) is 9.24 Å². The van der Waals surface area contributed by atoms with E-state index in [4.69, 9.17) is 9.47 Å². The van der Waals surface area contributed by atoms with Crippen molar-refractivity contribution in [3.05, 3.63) is 28.5 Å². The molecule has 100 valence electrons. The van der Waals surface area contributed by atoms with Crippen LogP contribution >= 0.6 is 25.2 Å². The molecule has 0 saturated heterocycles. The molecule has 1 aromatic rings. The number of esters is 1. The molecule has 1 rings (SSSR count). The largest absolute Gasteiger partial charge is 0.490 e. The minimum Gasteiger partial charge on any atom is -0.490 e. The van der Waals surface area contributed by atoms with Crippen molar-refractivity contribution in [2.45, 2.75) is 19.0 Å². The smallest absolute Gasteiger partial charge is 0.312 e. The Labute approximate surface area is 116 Å². The van der Waals surface area contributed by atoms with Crippen LogP contribution in [-0.4, -0.2) is 24.8 Å². The molecule has 2 unspecified atom stereocenters. The van der Waals surface area contributed by atoms with Crippen LogP contribution in [0.1, 0.15) is 13.3 Å². The number of benzene rings is 1. The molecule has 18 heavy (non-hydrogen) atoms. The van der Waals surface area contributed by atoms with E-state index < -0.39 is 5.82 Å². The van der Waals surface area contributed by atoms with Gasteiger partial charge < -0.3 is 9.47 Å². The Morgan fingerprint density at radius 3 is 2.94 bits per heavy atom. The highest BCUT2D eigenvalue weighted by Gasteiger charge is 2.14. The Morgan fingerprint density at radius 2 is 2.28 bits per heavy atom. The highest BCUT2D eigenvalue weighted by molar-refractivity contribution is 9.10. The minimum absolute atomic E-state index is 0.172. The molecule has 6 heteroatoms. The summed E-state index contributed by atoms with van der Waals surface area (Å²) in [4.78, 5) is 11.3. The molecule has 1 aromatic carbocycles. The standard InChI is InChI=1S/C12H15BrFO3P/c1-2-16-12(15)10(18)6-7-17-9-5-3-4-8(13)11(9)14/h3-5,10H,2,6-7,18H2,1H3. The second-order valence-corrected chi connectivity index (χ2v) is 5.21. The molecule has 0 bridgehead atoms. The Morgan fingerprint density at radius 1 is 1.56 bits per heavy atom. The first kappa shape index (κ1) is 15.4. The fraction of sp³-hybridized carbons (Fsp3) is 0.417. The van der Waals surface area contributed by atoms with Crippen LogP contribution in [0, 0.1) is 5.82 Å². The normalized spacial score (nSPS) is 12.0. The molecule has 3 nitrogen and oxygen atoms in total. The summed E-state index contributed by atoms with van der Waals surface area (Å²) in [5, 5.41) is 0. The van der Waals surface area contributed by atoms with Gasteiger partial charge in [0.05, 0.1) is 23.3 Å². The Balaban J connectivity index is 2.42. The van der Waals surface area contributed by atoms with Gasteiger partial charge in [-0.25, -0.2) is 4.39 Å². The van der Waals surface area contributed by atoms with Gasteiger partial charge in [0.2, 0.25) is 0 Å². The van der Waals surface area contributed by atoms with E-state index >= 15 is 0 Å². The van der Waals surface area contributed by atoms with Crippen molar-refractivity contribution >= 4 is 31.1 Å². The molecule has 0 fully saturated rings. The maximum atomic E-state index is 13.5. The van der Waals surface area contributed by atoms with Gasteiger partial charge in [0.1, 0.15) is 0 Å². The SMILES string of the molecule is CCOC(=O)C(P)CCOc1cccc(Br)c1F. The van der Waals surface area contributed by atoms with E-state index in [1.807, 2.05) is 0 Å². The number of carbonyl (C=O) groups is 1. The average Bonchev–Trinajstić information content (AvgIpc) is 2.34. The quantitative estimate of drug-likeness (QED) is 0.591. The van der Waals surface area contributed by atoms with Crippen molar-refractivity contribution in [3.63, 3.8) is 0 Å². The lowest BCUT2D eigenvalue weighted by Crippen LogP contribution is -2.19. The molecule has 0 radical (unpaired) electrons. The fourth-order valence-corrected chi connectivity index (χ4v) is 1.84. The zero-order valence-corrected chi connectivity index (χ0v) is 12.7. The molecular formula is C12H15BrFO3P. The first-order valence-electron chi connectivity index (χ1n) is 5.55. The van der Waals surface area contributed by atoms with Crippen LogP contribution in [0.3, 0.4) is 0 Å². The second-order valence-electron chi connectivity index (χ2n) is 3.55. The minimum atomic E-state index is -0.436. The Hall–Kier alpha value is -0.670. The van der Waals surface area contributed by atoms with Gasteiger partial charge in [0, 0.05) is 0 Å². The predicted molar refractivity (Wildman–Crippen MR) is 74.3 cm³/mol. The van der Waals surface area contributed by atoms with Crippen molar-refractivity contribution in [1.82, 2.24) is 0 Å². The third-order valence-electron chi connectivity index (χ3n) is 2.19. The van der Waals surface area contributed by atoms with E-state index in [0.717, 1.165) is 0 Å². The Bertz CT molecular complexity index is 414. The number of carbonyl (C=O) groups excluding carboxylic acids is 1. The zero-order chi connectivity index (χ0) is 13.5. The van der Waals surface area contributed by atoms with Crippen molar-refractivity contribution in [2.75, 3.05) is 13.2 Å². The summed E-state index contributed by atoms with van der Waals surface area (Å²) in [6.45, 7) is 2.36. The average molecular weight is 337 g/mol. The van der Waals surface area contributed by atoms with Gasteiger partial charge in [-0.05, 0) is 41.4 Å². The van der Waals surface area contributed by atoms with Crippen LogP contribution in [-0.2, 0) is 9.53 Å². The number of hydrogen-bond acceptors (Lipinski definition) is 3. The van der Waals surface area contributed by atoms with Gasteiger partial charge in [-0.2, -0.15) is 0 Å². The maximum absolute atomic E-state index is 13.5. The monoisotopic (exact) mass is 336 g/mol. The third-order valence-corrected chi connectivity index (χ3v) is 3.41. The predicted octanol–water partition coefficient (Wildman–Crippen LogP) is 3.16. The molecule has 0 saturated carbocycles. The van der Waals surface area contributed by atoms with Crippen LogP contribution in [0.2, 0.25) is 0 Å². The van der Waals surface area contributed by atoms with Gasteiger partial charge >= 0.3 is 5.97 Å². The molecular weight excluding hydrogens is 322 g/mol. The topological polar surface area (TPSA) is 35.5 Å². The van der Waals surface area contributed by atoms with Crippen molar-refractivity contribution in [1.29, 1.82) is 0 Å². The summed E-state index contributed by atoms with van der Waals surface area (Å²) in [7, 11) is 2.40. The van der Waals surface area contributed by atoms with E-state index in [9.17, 15) is 9.18 Å². The van der Waals surface area contributed by atoms with Crippen LogP contribution < -0.4 is 4.74 Å². The lowest BCUT2D eigenvalue weighted by molar-refractivity contribution is -0.142. The van der Waals surface area contributed by atoms with Gasteiger partial charge in [-0.3, -0.25) is 4.79 Å². The van der Waals surface area contributed by atoms with Crippen LogP contribution in [0.5, 0.6) is 5.75 Å². The molecule has 0 spiro atoms. The third kappa shape index (κ3) is 4.54. The first-order valence-corrected chi connectivity index (χ1v) is 7.01. The van der Waals surface area contributed by atoms with Crippen LogP contribution in [0.4, 0.5) is 4.39 Å². The van der Waals surface area contributed by atoms with E-state index in [0.29, 0.717) is 17.5 Å². The van der Waals surface area contributed by atoms with E-state index in [-0.39, 0.29) is 24.0 Å². The molecule has 0 aromatic heterocycles. The lowest BCUT2D eigenvalue weighted by Gasteiger charge is -2.12. The molecule has 2 atom stereocenters. The van der Waals surface area contributed by atoms with E-state index in [1.165, 1.54) is 0 Å². The molecule has 0 N–H and O–H groups in total. The number of halogens is 2. The van der Waals surface area contributed by atoms with Crippen LogP contribution in [0.15, 0.2) is 22.7 Å². The number of hydrogen-bond donors (Lipinski definition) is 0. The van der Waals surface area contributed by atoms with E-state index in [1.54, 1.807) is 25.1 Å². The highest BCUT2D eigenvalue weighted by Crippen LogP contribution is 2.24. The molecule has 0 aliphatic rings. The second kappa shape index (κ2) is 7.70. The van der Waals surface area contributed by atoms with Gasteiger partial charge in [-0.1, -0.05) is 6.07 Å². The maximum Gasteiger partial charge on any atom is 0.312 e. The summed E-state index contributed by atoms with van der Waals surface area (Å²) in [6, 6.07) is 4.83. The van der Waals surface area contributed by atoms with Gasteiger partial charge in [0.15, 0.2) is 11.6 Å². The summed E-state index contributed by atoms with van der Waals surface area (Å²) in [6.07, 6.45) is 0.454. The zero-order valence-electron chi connectivity index (χ0n) is 9.99. The summed E-state index contributed by atoms with van der Waals surface area (Å²) >= 11 is 3.08. The van der Waals surface area contributed by atoms with E-state index in [2.05, 4.69) is 25.2 Å². The lowest BCUT2D eigenvalue weighted by atomic mass is 10.3. The number of ether oxygens (including phenoxy) is 2. The van der Waals surface area contributed by atoms with Crippen molar-refractivity contribution in [3.8, 4) is 5.75 Å². The molecule has 0 heterocycles. The molecule has 0 aliphatic heterocycles. The summed E-state index contributed by atoms with van der Waals surface area (Å²) in [5.74, 6) is -0.555. The Kier molecular flexibility index (Phi) is 6.58. The first-order chi connectivity index (χ1) is 8.56. The summed E-state index contributed by atoms with van der Waals surface area (Å²) in [5.41, 5.74) is -0.333. The van der Waals surface area contributed by atoms with Gasteiger partial charge in [0.25, 0.3) is 0 Å². The van der Waals surface area contributed by atoms with Crippen molar-refractivity contribution < 1.29 is 18.7 Å². The van der Waals surface area contributed by atoms with Crippen LogP contribution in [0.25, 0.3) is 0 Å². The number of rotatable bonds is 6. The molecule has 0 aliphatic carbocycles. The highest BCUT2D eigenvalue weighted by atomic mass is 79.9. The van der Waals surface area contributed by atoms with Crippen molar-refractivity contribution in [2.24, 2.45) is 0 Å². The fourth-order valence-electron chi connectivity index (χ4n) is 1.26. The summed E-state index contributed by atoms with van der Waals surface area (Å²) < 4.78 is 24.0.